The molecule has 1 atom stereocenters. The van der Waals surface area contributed by atoms with Crippen molar-refractivity contribution in [2.75, 3.05) is 0 Å². The Morgan fingerprint density at radius 1 is 0.730 bits per heavy atom. The van der Waals surface area contributed by atoms with E-state index in [2.05, 4.69) is 110 Å². The van der Waals surface area contributed by atoms with Gasteiger partial charge in [-0.15, -0.1) is 0 Å². The molecule has 0 N–H and O–H groups in total. The molecule has 2 aliphatic carbocycles. The van der Waals surface area contributed by atoms with Crippen LogP contribution in [0.5, 0.6) is 0 Å². The molecule has 2 heteroatoms. The van der Waals surface area contributed by atoms with Crippen molar-refractivity contribution >= 4 is 8.83 Å². The number of hydrogen-bond acceptors (Lipinski definition) is 0. The van der Waals surface area contributed by atoms with E-state index >= 15 is 0 Å². The first-order valence-electron chi connectivity index (χ1n) is 13.5. The molecular weight excluding hydrogens is 618 g/mol. The van der Waals surface area contributed by atoms with E-state index in [4.69, 9.17) is 0 Å². The summed E-state index contributed by atoms with van der Waals surface area (Å²) in [5.41, 5.74) is 11.5. The Labute approximate surface area is 230 Å². The molecule has 0 radical (unpaired) electrons. The topological polar surface area (TPSA) is 0 Å². The van der Waals surface area contributed by atoms with Gasteiger partial charge in [0.2, 0.25) is 0 Å². The van der Waals surface area contributed by atoms with Crippen LogP contribution in [0, 0.1) is 5.82 Å². The minimum absolute atomic E-state index is 0.105. The van der Waals surface area contributed by atoms with Crippen molar-refractivity contribution in [3.05, 3.63) is 113 Å². The summed E-state index contributed by atoms with van der Waals surface area (Å²) >= 11 is -2.62. The van der Waals surface area contributed by atoms with Gasteiger partial charge in [0.15, 0.2) is 0 Å². The summed E-state index contributed by atoms with van der Waals surface area (Å²) in [5.74, 6) is -0.173. The van der Waals surface area contributed by atoms with Crippen LogP contribution in [0.25, 0.3) is 16.7 Å². The van der Waals surface area contributed by atoms with Crippen LogP contribution < -0.4 is 0 Å². The fourth-order valence-corrected chi connectivity index (χ4v) is 19.0. The first kappa shape index (κ1) is 26.4. The average Bonchev–Trinajstić information content (AvgIpc) is 3.42. The quantitative estimate of drug-likeness (QED) is 0.246. The number of fused-ring (bicyclic) bond motifs is 3. The Morgan fingerprint density at radius 3 is 1.70 bits per heavy atom. The van der Waals surface area contributed by atoms with Crippen LogP contribution in [-0.2, 0) is 31.8 Å². The first-order chi connectivity index (χ1) is 17.4. The van der Waals surface area contributed by atoms with Gasteiger partial charge in [-0.25, -0.2) is 0 Å². The predicted octanol–water partition coefficient (Wildman–Crippen LogP) is 9.76. The fourth-order valence-electron chi connectivity index (χ4n) is 5.98. The summed E-state index contributed by atoms with van der Waals surface area (Å²) < 4.78 is 16.3. The Morgan fingerprint density at radius 2 is 1.24 bits per heavy atom. The molecule has 0 saturated heterocycles. The third-order valence-electron chi connectivity index (χ3n) is 8.06. The molecule has 1 unspecified atom stereocenters. The normalized spacial score (nSPS) is 17.0. The first-order valence-corrected chi connectivity index (χ1v) is 19.4. The van der Waals surface area contributed by atoms with Crippen molar-refractivity contribution in [2.24, 2.45) is 0 Å². The molecule has 0 aliphatic heterocycles. The van der Waals surface area contributed by atoms with Crippen LogP contribution in [0.3, 0.4) is 0 Å². The minimum atomic E-state index is -2.62. The second kappa shape index (κ2) is 9.53. The summed E-state index contributed by atoms with van der Waals surface area (Å²) in [4.78, 5) is 0. The van der Waals surface area contributed by atoms with Gasteiger partial charge in [0.1, 0.15) is 0 Å². The van der Waals surface area contributed by atoms with Crippen LogP contribution in [0.4, 0.5) is 4.39 Å². The molecule has 0 fully saturated rings. The molecule has 5 rings (SSSR count). The Bertz CT molecular complexity index is 1390. The average molecular weight is 657 g/mol. The zero-order valence-corrected chi connectivity index (χ0v) is 27.1. The van der Waals surface area contributed by atoms with Gasteiger partial charge < -0.3 is 0 Å². The molecule has 0 bridgehead atoms. The summed E-state index contributed by atoms with van der Waals surface area (Å²) in [6.45, 7) is 18.7. The van der Waals surface area contributed by atoms with E-state index in [1.54, 1.807) is 15.4 Å². The molecule has 37 heavy (non-hydrogen) atoms. The molecule has 0 nitrogen and oxygen atoms in total. The number of rotatable bonds is 3. The van der Waals surface area contributed by atoms with Gasteiger partial charge in [-0.1, -0.05) is 0 Å². The molecule has 2 aliphatic rings. The van der Waals surface area contributed by atoms with Gasteiger partial charge in [0.25, 0.3) is 0 Å². The number of benzene rings is 3. The van der Waals surface area contributed by atoms with Crippen LogP contribution in [0.15, 0.2) is 78.9 Å². The maximum atomic E-state index is 13.8. The van der Waals surface area contributed by atoms with Crippen LogP contribution >= 0.6 is 0 Å². The van der Waals surface area contributed by atoms with Gasteiger partial charge in [-0.2, -0.15) is 0 Å². The molecule has 0 amide bonds. The van der Waals surface area contributed by atoms with Crippen molar-refractivity contribution in [1.29, 1.82) is 0 Å². The second-order valence-electron chi connectivity index (χ2n) is 13.0. The Hall–Kier alpha value is -2.19. The van der Waals surface area contributed by atoms with Gasteiger partial charge >= 0.3 is 231 Å². The summed E-state index contributed by atoms with van der Waals surface area (Å²) in [7, 11) is 0. The fraction of sp³-hybridized carbons (Fsp3) is 0.343. The van der Waals surface area contributed by atoms with Crippen molar-refractivity contribution in [1.82, 2.24) is 0 Å². The molecule has 0 aromatic heterocycles. The summed E-state index contributed by atoms with van der Waals surface area (Å²) in [5, 5.41) is 0. The molecule has 3 aromatic carbocycles. The molecule has 190 valence electrons. The van der Waals surface area contributed by atoms with Gasteiger partial charge in [-0.05, 0) is 0 Å². The van der Waals surface area contributed by atoms with E-state index in [1.165, 1.54) is 39.0 Å². The van der Waals surface area contributed by atoms with Crippen LogP contribution in [0.2, 0.25) is 3.67 Å². The Kier molecular flexibility index (Phi) is 6.80. The maximum absolute atomic E-state index is 13.8. The predicted molar refractivity (Wildman–Crippen MR) is 155 cm³/mol. The van der Waals surface area contributed by atoms with E-state index in [0.29, 0.717) is 7.35 Å². The standard InChI is InChI=1S/C21H25.C11H8F.C3H6.Hf/c1-20(2,3)16-7-9-18-14(12-16)11-15-13-17(21(4,5)6)8-10-19(15)18;12-11-7-5-10(6-8-11)9-3-1-2-4-9;1-3-2;/h7-13H,1-6H3;1-8H;1-2H3;. The van der Waals surface area contributed by atoms with Gasteiger partial charge in [-0.3, -0.25) is 0 Å². The third kappa shape index (κ3) is 4.87. The SMILES string of the molecule is C[C](C)=[Hf]([CH]1C=CC=C1c1ccc(F)cc1)[CH]1c2cc(C(C)(C)C)ccc2-c2ccc(C(C)(C)C)cc21. The van der Waals surface area contributed by atoms with E-state index in [-0.39, 0.29) is 16.6 Å². The number of halogens is 1. The molecule has 3 aromatic rings. The van der Waals surface area contributed by atoms with Crippen molar-refractivity contribution < 1.29 is 25.3 Å². The molecule has 0 spiro atoms. The van der Waals surface area contributed by atoms with Crippen molar-refractivity contribution in [2.45, 2.75) is 73.6 Å². The van der Waals surface area contributed by atoms with Crippen molar-refractivity contribution in [3.8, 4) is 11.1 Å². The molecule has 0 saturated carbocycles. The van der Waals surface area contributed by atoms with Gasteiger partial charge in [0.05, 0.1) is 0 Å². The van der Waals surface area contributed by atoms with E-state index in [9.17, 15) is 4.39 Å². The Balaban J connectivity index is 1.73. The zero-order chi connectivity index (χ0) is 26.7. The monoisotopic (exact) mass is 658 g/mol. The summed E-state index contributed by atoms with van der Waals surface area (Å²) in [6.07, 6.45) is 6.97. The third-order valence-corrected chi connectivity index (χ3v) is 20.9. The van der Waals surface area contributed by atoms with Crippen LogP contribution in [-0.4, -0.2) is 3.26 Å². The summed E-state index contributed by atoms with van der Waals surface area (Å²) in [6, 6.07) is 21.7. The van der Waals surface area contributed by atoms with Crippen molar-refractivity contribution in [3.63, 3.8) is 0 Å². The van der Waals surface area contributed by atoms with E-state index in [1.807, 2.05) is 12.1 Å². The number of allylic oxidation sites excluding steroid dienone is 4. The molecule has 0 heterocycles. The van der Waals surface area contributed by atoms with Gasteiger partial charge in [0, 0.05) is 0 Å². The number of hydrogen-bond donors (Lipinski definition) is 0. The molecular formula is C35H39FHf. The van der Waals surface area contributed by atoms with E-state index < -0.39 is 21.0 Å². The van der Waals surface area contributed by atoms with Crippen LogP contribution in [0.1, 0.15) is 86.9 Å². The van der Waals surface area contributed by atoms with E-state index in [0.717, 1.165) is 5.56 Å². The zero-order valence-electron chi connectivity index (χ0n) is 23.5. The second-order valence-corrected chi connectivity index (χ2v) is 24.2.